The molecule has 0 fully saturated rings. The number of ether oxygens (including phenoxy) is 1. The first kappa shape index (κ1) is 30.6. The summed E-state index contributed by atoms with van der Waals surface area (Å²) < 4.78 is 86.1. The standard InChI is InChI=1S/C5H7F7OSi.4CH4/c1-14-2-13-5(11,12)3(6,7)4(8,9)10;;;;/h2,14H2,1H3;4*1H4. The molecular weight excluding hydrogens is 285 g/mol. The molecule has 0 amide bonds. The molecule has 0 heterocycles. The summed E-state index contributed by atoms with van der Waals surface area (Å²) in [6.07, 6.45) is -12.5. The van der Waals surface area contributed by atoms with Crippen molar-refractivity contribution in [2.24, 2.45) is 0 Å². The third-order valence-corrected chi connectivity index (χ3v) is 1.82. The van der Waals surface area contributed by atoms with Crippen molar-refractivity contribution in [3.8, 4) is 0 Å². The highest BCUT2D eigenvalue weighted by Gasteiger charge is 2.74. The van der Waals surface area contributed by atoms with Gasteiger partial charge in [-0.3, -0.25) is 0 Å². The van der Waals surface area contributed by atoms with Crippen molar-refractivity contribution < 1.29 is 35.5 Å². The van der Waals surface area contributed by atoms with Crippen LogP contribution < -0.4 is 0 Å². The fraction of sp³-hybridized carbons (Fsp3) is 1.00. The van der Waals surface area contributed by atoms with Crippen molar-refractivity contribution in [2.75, 3.05) is 6.23 Å². The molecule has 0 aromatic rings. The van der Waals surface area contributed by atoms with Crippen LogP contribution in [-0.4, -0.2) is 34.0 Å². The van der Waals surface area contributed by atoms with E-state index in [1.54, 1.807) is 0 Å². The molecule has 0 bridgehead atoms. The molecule has 0 atom stereocenters. The Morgan fingerprint density at radius 3 is 1.39 bits per heavy atom. The molecule has 0 spiro atoms. The fourth-order valence-electron chi connectivity index (χ4n) is 0.486. The summed E-state index contributed by atoms with van der Waals surface area (Å²) in [4.78, 5) is 0. The average Bonchev–Trinajstić information content (AvgIpc) is 1.98. The quantitative estimate of drug-likeness (QED) is 0.548. The van der Waals surface area contributed by atoms with Gasteiger partial charge in [-0.25, -0.2) is 0 Å². The van der Waals surface area contributed by atoms with Gasteiger partial charge < -0.3 is 4.74 Å². The lowest BCUT2D eigenvalue weighted by Gasteiger charge is -2.27. The van der Waals surface area contributed by atoms with E-state index in [1.807, 2.05) is 0 Å². The van der Waals surface area contributed by atoms with Crippen LogP contribution >= 0.6 is 0 Å². The highest BCUT2D eigenvalue weighted by atomic mass is 28.2. The number of halogens is 7. The maximum atomic E-state index is 12.2. The number of rotatable bonds is 4. The van der Waals surface area contributed by atoms with Crippen LogP contribution in [0.4, 0.5) is 30.7 Å². The van der Waals surface area contributed by atoms with Crippen LogP contribution in [0.5, 0.6) is 0 Å². The van der Waals surface area contributed by atoms with E-state index in [2.05, 4.69) is 4.74 Å². The van der Waals surface area contributed by atoms with Gasteiger partial charge >= 0.3 is 18.2 Å². The van der Waals surface area contributed by atoms with E-state index < -0.39 is 34.0 Å². The minimum Gasteiger partial charge on any atom is -0.320 e. The van der Waals surface area contributed by atoms with Crippen molar-refractivity contribution in [1.82, 2.24) is 0 Å². The van der Waals surface area contributed by atoms with Crippen molar-refractivity contribution in [3.63, 3.8) is 0 Å². The molecule has 0 N–H and O–H groups in total. The first-order valence-corrected chi connectivity index (χ1v) is 5.94. The topological polar surface area (TPSA) is 9.23 Å². The van der Waals surface area contributed by atoms with Crippen LogP contribution in [0, 0.1) is 0 Å². The zero-order valence-electron chi connectivity index (χ0n) is 6.97. The normalized spacial score (nSPS) is 12.0. The Morgan fingerprint density at radius 1 is 0.833 bits per heavy atom. The maximum absolute atomic E-state index is 12.2. The Labute approximate surface area is 107 Å². The van der Waals surface area contributed by atoms with Gasteiger partial charge in [-0.15, -0.1) is 0 Å². The van der Waals surface area contributed by atoms with Gasteiger partial charge in [0.15, 0.2) is 0 Å². The Morgan fingerprint density at radius 2 is 1.17 bits per heavy atom. The van der Waals surface area contributed by atoms with Crippen molar-refractivity contribution in [3.05, 3.63) is 0 Å². The second kappa shape index (κ2) is 9.60. The third-order valence-electron chi connectivity index (χ3n) is 1.21. The largest absolute Gasteiger partial charge is 0.462 e. The van der Waals surface area contributed by atoms with Crippen LogP contribution in [0.25, 0.3) is 0 Å². The van der Waals surface area contributed by atoms with Gasteiger partial charge in [-0.1, -0.05) is 36.3 Å². The minimum absolute atomic E-state index is 0. The van der Waals surface area contributed by atoms with Crippen LogP contribution in [0.1, 0.15) is 29.7 Å². The highest BCUT2D eigenvalue weighted by Crippen LogP contribution is 2.46. The monoisotopic (exact) mass is 308 g/mol. The predicted octanol–water partition coefficient (Wildman–Crippen LogP) is 4.51. The van der Waals surface area contributed by atoms with E-state index in [1.165, 1.54) is 6.55 Å². The molecule has 9 heteroatoms. The van der Waals surface area contributed by atoms with E-state index >= 15 is 0 Å². The van der Waals surface area contributed by atoms with E-state index in [9.17, 15) is 30.7 Å². The molecule has 0 saturated heterocycles. The van der Waals surface area contributed by atoms with Crippen molar-refractivity contribution in [2.45, 2.75) is 54.5 Å². The van der Waals surface area contributed by atoms with Crippen LogP contribution in [0.2, 0.25) is 6.55 Å². The lowest BCUT2D eigenvalue weighted by atomic mass is 10.3. The van der Waals surface area contributed by atoms with Gasteiger partial charge in [0.05, 0.1) is 0 Å². The molecule has 0 aliphatic rings. The smallest absolute Gasteiger partial charge is 0.320 e. The lowest BCUT2D eigenvalue weighted by molar-refractivity contribution is -0.420. The zero-order valence-corrected chi connectivity index (χ0v) is 8.38. The van der Waals surface area contributed by atoms with Crippen LogP contribution in [0.3, 0.4) is 0 Å². The van der Waals surface area contributed by atoms with Crippen molar-refractivity contribution in [1.29, 1.82) is 0 Å². The summed E-state index contributed by atoms with van der Waals surface area (Å²) in [6.45, 7) is 1.43. The fourth-order valence-corrected chi connectivity index (χ4v) is 0.946. The predicted molar refractivity (Wildman–Crippen MR) is 63.2 cm³/mol. The minimum atomic E-state index is -6.31. The zero-order chi connectivity index (χ0) is 11.6. The second-order valence-corrected chi connectivity index (χ2v) is 3.85. The molecule has 0 saturated carbocycles. The van der Waals surface area contributed by atoms with Gasteiger partial charge in [-0.2, -0.15) is 30.7 Å². The first-order valence-electron chi connectivity index (χ1n) is 3.52. The molecule has 0 aliphatic carbocycles. The molecule has 18 heavy (non-hydrogen) atoms. The van der Waals surface area contributed by atoms with E-state index in [0.29, 0.717) is 0 Å². The Kier molecular flexibility index (Phi) is 16.3. The van der Waals surface area contributed by atoms with Gasteiger partial charge in [0.25, 0.3) is 0 Å². The average molecular weight is 308 g/mol. The van der Waals surface area contributed by atoms with Crippen LogP contribution in [-0.2, 0) is 4.74 Å². The van der Waals surface area contributed by atoms with E-state index in [0.717, 1.165) is 0 Å². The van der Waals surface area contributed by atoms with Crippen molar-refractivity contribution >= 4 is 9.52 Å². The molecule has 0 unspecified atom stereocenters. The molecule has 0 radical (unpaired) electrons. The molecule has 0 aromatic heterocycles. The Bertz CT molecular complexity index is 194. The van der Waals surface area contributed by atoms with Gasteiger partial charge in [-0.05, 0) is 0 Å². The summed E-state index contributed by atoms with van der Waals surface area (Å²) in [6, 6.07) is 0. The summed E-state index contributed by atoms with van der Waals surface area (Å²) in [5.74, 6) is -6.15. The molecule has 0 aromatic carbocycles. The molecular formula is C9H23F7OSi. The maximum Gasteiger partial charge on any atom is 0.462 e. The van der Waals surface area contributed by atoms with Crippen LogP contribution in [0.15, 0.2) is 0 Å². The number of hydrogen-bond donors (Lipinski definition) is 0. The Hall–Kier alpha value is -0.313. The third kappa shape index (κ3) is 6.57. The molecule has 1 nitrogen and oxygen atoms in total. The van der Waals surface area contributed by atoms with Gasteiger partial charge in [0.2, 0.25) is 0 Å². The number of alkyl halides is 7. The molecule has 0 aliphatic heterocycles. The Balaban J connectivity index is -0.000000141. The summed E-state index contributed by atoms with van der Waals surface area (Å²) in [5, 5.41) is 0. The van der Waals surface area contributed by atoms with Gasteiger partial charge in [0, 0.05) is 15.7 Å². The molecule has 118 valence electrons. The van der Waals surface area contributed by atoms with E-state index in [-0.39, 0.29) is 29.7 Å². The summed E-state index contributed by atoms with van der Waals surface area (Å²) in [5.41, 5.74) is 0. The lowest BCUT2D eigenvalue weighted by Crippen LogP contribution is -2.53. The molecule has 0 rings (SSSR count). The number of hydrogen-bond acceptors (Lipinski definition) is 1. The highest BCUT2D eigenvalue weighted by molar-refractivity contribution is 6.33. The first-order chi connectivity index (χ1) is 6.06. The SMILES string of the molecule is C.C.C.C.C[SiH2]COC(F)(F)C(F)(F)C(F)(F)F. The summed E-state index contributed by atoms with van der Waals surface area (Å²) in [7, 11) is -1.17. The summed E-state index contributed by atoms with van der Waals surface area (Å²) >= 11 is 0. The van der Waals surface area contributed by atoms with Gasteiger partial charge in [0.1, 0.15) is 0 Å². The second-order valence-electron chi connectivity index (χ2n) is 2.44. The van der Waals surface area contributed by atoms with E-state index in [4.69, 9.17) is 0 Å².